The third-order valence-corrected chi connectivity index (χ3v) is 5.58. The van der Waals surface area contributed by atoms with Crippen LogP contribution in [0, 0.1) is 0 Å². The van der Waals surface area contributed by atoms with Gasteiger partial charge in [-0.1, -0.05) is 23.7 Å². The lowest BCUT2D eigenvalue weighted by Crippen LogP contribution is -2.47. The van der Waals surface area contributed by atoms with E-state index in [2.05, 4.69) is 4.98 Å². The Morgan fingerprint density at radius 2 is 1.83 bits per heavy atom. The van der Waals surface area contributed by atoms with Gasteiger partial charge in [-0.25, -0.2) is 4.98 Å². The van der Waals surface area contributed by atoms with Gasteiger partial charge in [0.25, 0.3) is 5.91 Å². The lowest BCUT2D eigenvalue weighted by atomic mass is 10.0. The number of benzene rings is 1. The summed E-state index contributed by atoms with van der Waals surface area (Å²) in [5.41, 5.74) is 1.46. The maximum absolute atomic E-state index is 12.7. The molecule has 2 saturated heterocycles. The standard InChI is InChI=1S/C17H17ClN2O3S/c18-13-3-1-12(2-4-13)15-19-14(11-24-15)16(21)20-7-5-17(6-8-20)22-9-10-23-17/h1-4,11H,5-10H2. The fraction of sp³-hybridized carbons (Fsp3) is 0.412. The van der Waals surface area contributed by atoms with E-state index in [0.717, 1.165) is 10.6 Å². The molecular formula is C17H17ClN2O3S. The third kappa shape index (κ3) is 3.07. The van der Waals surface area contributed by atoms with Gasteiger partial charge in [0, 0.05) is 41.9 Å². The van der Waals surface area contributed by atoms with Crippen LogP contribution in [-0.2, 0) is 9.47 Å². The number of hydrogen-bond acceptors (Lipinski definition) is 5. The van der Waals surface area contributed by atoms with Crippen molar-refractivity contribution in [2.75, 3.05) is 26.3 Å². The molecule has 7 heteroatoms. The summed E-state index contributed by atoms with van der Waals surface area (Å²) in [5.74, 6) is -0.493. The number of likely N-dealkylation sites (tertiary alicyclic amines) is 1. The number of amides is 1. The van der Waals surface area contributed by atoms with Crippen molar-refractivity contribution in [3.63, 3.8) is 0 Å². The molecule has 2 aliphatic rings. The van der Waals surface area contributed by atoms with Crippen molar-refractivity contribution in [3.05, 3.63) is 40.4 Å². The van der Waals surface area contributed by atoms with E-state index in [-0.39, 0.29) is 5.91 Å². The Labute approximate surface area is 149 Å². The molecule has 24 heavy (non-hydrogen) atoms. The van der Waals surface area contributed by atoms with E-state index in [4.69, 9.17) is 21.1 Å². The number of carbonyl (C=O) groups is 1. The Kier molecular flexibility index (Phi) is 4.30. The summed E-state index contributed by atoms with van der Waals surface area (Å²) in [6, 6.07) is 7.47. The van der Waals surface area contributed by atoms with Crippen LogP contribution >= 0.6 is 22.9 Å². The number of ether oxygens (including phenoxy) is 2. The van der Waals surface area contributed by atoms with Crippen molar-refractivity contribution >= 4 is 28.8 Å². The van der Waals surface area contributed by atoms with Crippen LogP contribution in [0.5, 0.6) is 0 Å². The molecule has 0 aliphatic carbocycles. The van der Waals surface area contributed by atoms with Gasteiger partial charge < -0.3 is 14.4 Å². The van der Waals surface area contributed by atoms with Gasteiger partial charge in [-0.3, -0.25) is 4.79 Å². The Morgan fingerprint density at radius 1 is 1.17 bits per heavy atom. The normalized spacial score (nSPS) is 19.8. The van der Waals surface area contributed by atoms with Gasteiger partial charge in [0.05, 0.1) is 13.2 Å². The minimum atomic E-state index is -0.465. The molecule has 0 radical (unpaired) electrons. The first-order valence-corrected chi connectivity index (χ1v) is 9.20. The van der Waals surface area contributed by atoms with Gasteiger partial charge in [0.1, 0.15) is 10.7 Å². The van der Waals surface area contributed by atoms with Crippen molar-refractivity contribution in [2.45, 2.75) is 18.6 Å². The maximum Gasteiger partial charge on any atom is 0.273 e. The van der Waals surface area contributed by atoms with E-state index in [9.17, 15) is 4.79 Å². The number of nitrogens with zero attached hydrogens (tertiary/aromatic N) is 2. The SMILES string of the molecule is O=C(c1csc(-c2ccc(Cl)cc2)n1)N1CCC2(CC1)OCCO2. The molecule has 3 heterocycles. The molecule has 126 valence electrons. The second kappa shape index (κ2) is 6.44. The van der Waals surface area contributed by atoms with E-state index in [1.54, 1.807) is 0 Å². The Morgan fingerprint density at radius 3 is 2.50 bits per heavy atom. The summed E-state index contributed by atoms with van der Waals surface area (Å²) in [6.45, 7) is 2.55. The molecule has 0 atom stereocenters. The molecule has 0 bridgehead atoms. The first kappa shape index (κ1) is 16.0. The molecule has 4 rings (SSSR count). The highest BCUT2D eigenvalue weighted by Gasteiger charge is 2.41. The van der Waals surface area contributed by atoms with Crippen LogP contribution in [0.3, 0.4) is 0 Å². The van der Waals surface area contributed by atoms with Gasteiger partial charge in [-0.05, 0) is 12.1 Å². The molecule has 0 N–H and O–H groups in total. The summed E-state index contributed by atoms with van der Waals surface area (Å²) in [6.07, 6.45) is 1.43. The zero-order valence-electron chi connectivity index (χ0n) is 13.0. The lowest BCUT2D eigenvalue weighted by molar-refractivity contribution is -0.181. The van der Waals surface area contributed by atoms with Crippen LogP contribution in [0.2, 0.25) is 5.02 Å². The number of rotatable bonds is 2. The average Bonchev–Trinajstić information content (AvgIpc) is 3.26. The molecule has 1 spiro atoms. The number of thiazole rings is 1. The van der Waals surface area contributed by atoms with Crippen molar-refractivity contribution in [1.82, 2.24) is 9.88 Å². The molecule has 2 aliphatic heterocycles. The second-order valence-corrected chi connectivity index (χ2v) is 7.24. The van der Waals surface area contributed by atoms with Crippen LogP contribution in [-0.4, -0.2) is 47.9 Å². The topological polar surface area (TPSA) is 51.7 Å². The summed E-state index contributed by atoms with van der Waals surface area (Å²) < 4.78 is 11.4. The molecule has 1 amide bonds. The number of aromatic nitrogens is 1. The lowest BCUT2D eigenvalue weighted by Gasteiger charge is -2.37. The van der Waals surface area contributed by atoms with Crippen molar-refractivity contribution in [2.24, 2.45) is 0 Å². The van der Waals surface area contributed by atoms with Gasteiger partial charge in [-0.2, -0.15) is 0 Å². The van der Waals surface area contributed by atoms with Gasteiger partial charge in [-0.15, -0.1) is 11.3 Å². The maximum atomic E-state index is 12.7. The van der Waals surface area contributed by atoms with E-state index >= 15 is 0 Å². The first-order valence-electron chi connectivity index (χ1n) is 7.94. The van der Waals surface area contributed by atoms with Crippen LogP contribution in [0.15, 0.2) is 29.6 Å². The Balaban J connectivity index is 1.45. The smallest absolute Gasteiger partial charge is 0.273 e. The highest BCUT2D eigenvalue weighted by atomic mass is 35.5. The second-order valence-electron chi connectivity index (χ2n) is 5.94. The zero-order chi connectivity index (χ0) is 16.6. The van der Waals surface area contributed by atoms with Crippen molar-refractivity contribution in [1.29, 1.82) is 0 Å². The van der Waals surface area contributed by atoms with Crippen LogP contribution in [0.4, 0.5) is 0 Å². The van der Waals surface area contributed by atoms with Gasteiger partial charge >= 0.3 is 0 Å². The highest BCUT2D eigenvalue weighted by molar-refractivity contribution is 7.13. The fourth-order valence-electron chi connectivity index (χ4n) is 3.10. The zero-order valence-corrected chi connectivity index (χ0v) is 14.6. The molecule has 0 unspecified atom stereocenters. The van der Waals surface area contributed by atoms with Crippen molar-refractivity contribution in [3.8, 4) is 10.6 Å². The Bertz CT molecular complexity index is 731. The van der Waals surface area contributed by atoms with Gasteiger partial charge in [0.15, 0.2) is 5.79 Å². The molecule has 0 saturated carbocycles. The molecule has 1 aromatic carbocycles. The minimum absolute atomic E-state index is 0.0284. The number of halogens is 1. The van der Waals surface area contributed by atoms with E-state index in [1.165, 1.54) is 11.3 Å². The quantitative estimate of drug-likeness (QED) is 0.819. The summed E-state index contributed by atoms with van der Waals surface area (Å²) in [7, 11) is 0. The molecule has 2 fully saturated rings. The molecule has 2 aromatic rings. The number of hydrogen-bond donors (Lipinski definition) is 0. The van der Waals surface area contributed by atoms with Crippen LogP contribution in [0.25, 0.3) is 10.6 Å². The monoisotopic (exact) mass is 364 g/mol. The molecular weight excluding hydrogens is 348 g/mol. The molecule has 1 aromatic heterocycles. The van der Waals surface area contributed by atoms with Crippen molar-refractivity contribution < 1.29 is 14.3 Å². The highest BCUT2D eigenvalue weighted by Crippen LogP contribution is 2.32. The van der Waals surface area contributed by atoms with E-state index in [0.29, 0.717) is 49.9 Å². The summed E-state index contributed by atoms with van der Waals surface area (Å²) >= 11 is 7.38. The fourth-order valence-corrected chi connectivity index (χ4v) is 4.02. The summed E-state index contributed by atoms with van der Waals surface area (Å²) in [5, 5.41) is 3.33. The number of carbonyl (C=O) groups excluding carboxylic acids is 1. The predicted molar refractivity (Wildman–Crippen MR) is 92.3 cm³/mol. The average molecular weight is 365 g/mol. The molecule has 5 nitrogen and oxygen atoms in total. The third-order valence-electron chi connectivity index (χ3n) is 4.44. The largest absolute Gasteiger partial charge is 0.347 e. The first-order chi connectivity index (χ1) is 11.7. The summed E-state index contributed by atoms with van der Waals surface area (Å²) in [4.78, 5) is 19.0. The Hall–Kier alpha value is -1.47. The van der Waals surface area contributed by atoms with E-state index < -0.39 is 5.79 Å². The van der Waals surface area contributed by atoms with E-state index in [1.807, 2.05) is 34.5 Å². The predicted octanol–water partition coefficient (Wildman–Crippen LogP) is 3.44. The number of piperidine rings is 1. The van der Waals surface area contributed by atoms with Gasteiger partial charge in [0.2, 0.25) is 0 Å². The minimum Gasteiger partial charge on any atom is -0.347 e. The van der Waals surface area contributed by atoms with Crippen LogP contribution < -0.4 is 0 Å². The van der Waals surface area contributed by atoms with Crippen LogP contribution in [0.1, 0.15) is 23.3 Å².